The molecule has 22 heavy (non-hydrogen) atoms. The van der Waals surface area contributed by atoms with Crippen LogP contribution in [-0.2, 0) is 19.6 Å². The Bertz CT molecular complexity index is 601. The van der Waals surface area contributed by atoms with Crippen molar-refractivity contribution >= 4 is 21.6 Å². The number of carbonyl (C=O) groups excluding carboxylic acids is 1. The van der Waals surface area contributed by atoms with Gasteiger partial charge < -0.3 is 14.8 Å². The Hall–Kier alpha value is -1.64. The van der Waals surface area contributed by atoms with Gasteiger partial charge in [0.2, 0.25) is 15.9 Å². The molecule has 0 bridgehead atoms. The molecule has 0 spiro atoms. The molecule has 0 aromatic heterocycles. The molecule has 8 heteroatoms. The fourth-order valence-corrected chi connectivity index (χ4v) is 2.83. The molecular formula is C14H22N2O5S. The second-order valence-electron chi connectivity index (χ2n) is 4.49. The second kappa shape index (κ2) is 8.72. The van der Waals surface area contributed by atoms with Crippen LogP contribution >= 0.6 is 0 Å². The largest absolute Gasteiger partial charge is 0.495 e. The van der Waals surface area contributed by atoms with Crippen LogP contribution in [0.15, 0.2) is 23.1 Å². The first-order valence-electron chi connectivity index (χ1n) is 6.93. The van der Waals surface area contributed by atoms with Crippen LogP contribution in [0.2, 0.25) is 0 Å². The topological polar surface area (TPSA) is 93.7 Å². The van der Waals surface area contributed by atoms with Crippen LogP contribution in [0, 0.1) is 0 Å². The SMILES string of the molecule is CCOCCCNS(=O)(=O)c1ccc(NC(C)=O)c(OC)c1. The summed E-state index contributed by atoms with van der Waals surface area (Å²) < 4.78 is 37.1. The summed E-state index contributed by atoms with van der Waals surface area (Å²) in [5.74, 6) is 0.0235. The molecule has 0 aliphatic carbocycles. The monoisotopic (exact) mass is 330 g/mol. The predicted molar refractivity (Wildman–Crippen MR) is 83.6 cm³/mol. The molecule has 0 fully saturated rings. The van der Waals surface area contributed by atoms with E-state index in [0.717, 1.165) is 0 Å². The van der Waals surface area contributed by atoms with Crippen LogP contribution in [0.25, 0.3) is 0 Å². The summed E-state index contributed by atoms with van der Waals surface area (Å²) >= 11 is 0. The third-order valence-electron chi connectivity index (χ3n) is 2.76. The molecule has 1 aromatic rings. The lowest BCUT2D eigenvalue weighted by atomic mass is 10.3. The van der Waals surface area contributed by atoms with Crippen LogP contribution in [0.4, 0.5) is 5.69 Å². The number of rotatable bonds is 9. The molecule has 0 heterocycles. The molecule has 7 nitrogen and oxygen atoms in total. The van der Waals surface area contributed by atoms with E-state index in [4.69, 9.17) is 9.47 Å². The molecule has 0 saturated heterocycles. The van der Waals surface area contributed by atoms with Crippen molar-refractivity contribution in [3.8, 4) is 5.75 Å². The van der Waals surface area contributed by atoms with Crippen molar-refractivity contribution in [2.45, 2.75) is 25.2 Å². The molecule has 0 radical (unpaired) electrons. The van der Waals surface area contributed by atoms with E-state index in [2.05, 4.69) is 10.0 Å². The standard InChI is InChI=1S/C14H22N2O5S/c1-4-21-9-5-8-15-22(18,19)12-6-7-13(16-11(2)17)14(10-12)20-3/h6-7,10,15H,4-5,8-9H2,1-3H3,(H,16,17). The van der Waals surface area contributed by atoms with Gasteiger partial charge in [0.05, 0.1) is 17.7 Å². The number of nitrogens with one attached hydrogen (secondary N) is 2. The summed E-state index contributed by atoms with van der Waals surface area (Å²) in [5, 5.41) is 2.57. The zero-order valence-electron chi connectivity index (χ0n) is 13.0. The quantitative estimate of drug-likeness (QED) is 0.667. The summed E-state index contributed by atoms with van der Waals surface area (Å²) in [6.07, 6.45) is 0.591. The maximum atomic E-state index is 12.2. The highest BCUT2D eigenvalue weighted by molar-refractivity contribution is 7.89. The van der Waals surface area contributed by atoms with Crippen LogP contribution in [0.5, 0.6) is 5.75 Å². The van der Waals surface area contributed by atoms with Gasteiger partial charge in [-0.25, -0.2) is 13.1 Å². The number of sulfonamides is 1. The highest BCUT2D eigenvalue weighted by Crippen LogP contribution is 2.27. The summed E-state index contributed by atoms with van der Waals surface area (Å²) in [7, 11) is -2.21. The number of anilines is 1. The average molecular weight is 330 g/mol. The number of methoxy groups -OCH3 is 1. The Labute approximate surface area is 131 Å². The molecule has 1 rings (SSSR count). The Kier molecular flexibility index (Phi) is 7.30. The summed E-state index contributed by atoms with van der Waals surface area (Å²) in [6.45, 7) is 4.65. The first kappa shape index (κ1) is 18.4. The van der Waals surface area contributed by atoms with E-state index in [0.29, 0.717) is 25.3 Å². The van der Waals surface area contributed by atoms with Gasteiger partial charge in [-0.05, 0) is 25.5 Å². The van der Waals surface area contributed by atoms with Crippen molar-refractivity contribution in [3.05, 3.63) is 18.2 Å². The van der Waals surface area contributed by atoms with E-state index in [1.54, 1.807) is 0 Å². The molecule has 124 valence electrons. The fourth-order valence-electron chi connectivity index (χ4n) is 1.74. The zero-order chi connectivity index (χ0) is 16.6. The molecule has 1 aromatic carbocycles. The van der Waals surface area contributed by atoms with E-state index in [1.165, 1.54) is 32.2 Å². The number of hydrogen-bond donors (Lipinski definition) is 2. The Morgan fingerprint density at radius 3 is 2.64 bits per heavy atom. The first-order chi connectivity index (χ1) is 10.4. The average Bonchev–Trinajstić information content (AvgIpc) is 2.46. The van der Waals surface area contributed by atoms with Crippen molar-refractivity contribution in [1.29, 1.82) is 0 Å². The predicted octanol–water partition coefficient (Wildman–Crippen LogP) is 1.36. The van der Waals surface area contributed by atoms with Gasteiger partial charge in [-0.2, -0.15) is 0 Å². The Morgan fingerprint density at radius 2 is 2.05 bits per heavy atom. The molecule has 2 N–H and O–H groups in total. The third-order valence-corrected chi connectivity index (χ3v) is 4.21. The lowest BCUT2D eigenvalue weighted by molar-refractivity contribution is -0.114. The minimum atomic E-state index is -3.62. The van der Waals surface area contributed by atoms with Crippen molar-refractivity contribution < 1.29 is 22.7 Å². The van der Waals surface area contributed by atoms with E-state index >= 15 is 0 Å². The Balaban J connectivity index is 2.80. The molecule has 0 aliphatic heterocycles. The molecular weight excluding hydrogens is 308 g/mol. The van der Waals surface area contributed by atoms with Crippen LogP contribution in [0.1, 0.15) is 20.3 Å². The third kappa shape index (κ3) is 5.63. The number of amides is 1. The number of benzene rings is 1. The summed E-state index contributed by atoms with van der Waals surface area (Å²) in [4.78, 5) is 11.2. The van der Waals surface area contributed by atoms with Gasteiger partial charge in [-0.3, -0.25) is 4.79 Å². The zero-order valence-corrected chi connectivity index (χ0v) is 13.8. The van der Waals surface area contributed by atoms with Gasteiger partial charge in [0.15, 0.2) is 0 Å². The highest BCUT2D eigenvalue weighted by atomic mass is 32.2. The minimum Gasteiger partial charge on any atom is -0.495 e. The maximum Gasteiger partial charge on any atom is 0.240 e. The van der Waals surface area contributed by atoms with Crippen molar-refractivity contribution in [3.63, 3.8) is 0 Å². The summed E-state index contributed by atoms with van der Waals surface area (Å²) in [5.41, 5.74) is 0.422. The fraction of sp³-hybridized carbons (Fsp3) is 0.500. The van der Waals surface area contributed by atoms with Gasteiger partial charge in [0.25, 0.3) is 0 Å². The van der Waals surface area contributed by atoms with Gasteiger partial charge in [0.1, 0.15) is 5.75 Å². The number of hydrogen-bond acceptors (Lipinski definition) is 5. The normalized spacial score (nSPS) is 11.2. The van der Waals surface area contributed by atoms with Crippen molar-refractivity contribution in [2.24, 2.45) is 0 Å². The Morgan fingerprint density at radius 1 is 1.32 bits per heavy atom. The minimum absolute atomic E-state index is 0.0786. The van der Waals surface area contributed by atoms with Gasteiger partial charge in [-0.15, -0.1) is 0 Å². The number of ether oxygens (including phenoxy) is 2. The van der Waals surface area contributed by atoms with Gasteiger partial charge >= 0.3 is 0 Å². The van der Waals surface area contributed by atoms with Gasteiger partial charge in [0, 0.05) is 32.7 Å². The van der Waals surface area contributed by atoms with E-state index < -0.39 is 10.0 Å². The van der Waals surface area contributed by atoms with Crippen molar-refractivity contribution in [2.75, 3.05) is 32.2 Å². The highest BCUT2D eigenvalue weighted by Gasteiger charge is 2.16. The lowest BCUT2D eigenvalue weighted by Gasteiger charge is -2.12. The van der Waals surface area contributed by atoms with Crippen LogP contribution < -0.4 is 14.8 Å². The summed E-state index contributed by atoms with van der Waals surface area (Å²) in [6, 6.07) is 4.28. The van der Waals surface area contributed by atoms with E-state index in [9.17, 15) is 13.2 Å². The molecule has 0 aliphatic rings. The molecule has 0 saturated carbocycles. The lowest BCUT2D eigenvalue weighted by Crippen LogP contribution is -2.25. The second-order valence-corrected chi connectivity index (χ2v) is 6.26. The first-order valence-corrected chi connectivity index (χ1v) is 8.42. The molecule has 1 amide bonds. The van der Waals surface area contributed by atoms with Crippen LogP contribution in [-0.4, -0.2) is 41.2 Å². The van der Waals surface area contributed by atoms with Crippen molar-refractivity contribution in [1.82, 2.24) is 4.72 Å². The smallest absolute Gasteiger partial charge is 0.240 e. The number of carbonyl (C=O) groups is 1. The van der Waals surface area contributed by atoms with Gasteiger partial charge in [-0.1, -0.05) is 0 Å². The van der Waals surface area contributed by atoms with Crippen LogP contribution in [0.3, 0.4) is 0 Å². The molecule has 0 atom stereocenters. The van der Waals surface area contributed by atoms with E-state index in [-0.39, 0.29) is 23.1 Å². The van der Waals surface area contributed by atoms with E-state index in [1.807, 2.05) is 6.92 Å². The maximum absolute atomic E-state index is 12.2. The molecule has 0 unspecified atom stereocenters.